The second-order valence-corrected chi connectivity index (χ2v) is 4.78. The normalized spacial score (nSPS) is 11.1. The first-order valence-electron chi connectivity index (χ1n) is 5.99. The Morgan fingerprint density at radius 1 is 1.20 bits per heavy atom. The van der Waals surface area contributed by atoms with Gasteiger partial charge >= 0.3 is 0 Å². The van der Waals surface area contributed by atoms with Crippen molar-refractivity contribution in [1.82, 2.24) is 10.6 Å². The highest BCUT2D eigenvalue weighted by Crippen LogP contribution is 2.21. The van der Waals surface area contributed by atoms with Crippen LogP contribution >= 0.6 is 0 Å². The molecule has 0 aliphatic carbocycles. The van der Waals surface area contributed by atoms with Gasteiger partial charge in [-0.2, -0.15) is 0 Å². The monoisotopic (exact) mass is 285 g/mol. The van der Waals surface area contributed by atoms with Crippen LogP contribution in [0.5, 0.6) is 0 Å². The Hall–Kier alpha value is -2.02. The van der Waals surface area contributed by atoms with Crippen LogP contribution in [0.2, 0.25) is 0 Å². The highest BCUT2D eigenvalue weighted by Gasteiger charge is 2.24. The molecular formula is C13H17F2N3O2. The average molecular weight is 285 g/mol. The van der Waals surface area contributed by atoms with Crippen molar-refractivity contribution in [1.29, 1.82) is 0 Å². The molecule has 0 saturated carbocycles. The predicted octanol–water partition coefficient (Wildman–Crippen LogP) is 0.391. The summed E-state index contributed by atoms with van der Waals surface area (Å²) in [5.41, 5.74) is 4.59. The molecule has 0 spiro atoms. The van der Waals surface area contributed by atoms with E-state index in [1.54, 1.807) is 13.8 Å². The largest absolute Gasteiger partial charge is 0.346 e. The molecule has 0 aliphatic heterocycles. The SMILES string of the molecule is CC(C)(NC(=O)CNC(=O)CN)c1ccc(F)c(F)c1. The van der Waals surface area contributed by atoms with Crippen LogP contribution in [0.3, 0.4) is 0 Å². The van der Waals surface area contributed by atoms with Crippen LogP contribution in [-0.2, 0) is 15.1 Å². The smallest absolute Gasteiger partial charge is 0.240 e. The summed E-state index contributed by atoms with van der Waals surface area (Å²) in [6, 6.07) is 3.40. The molecule has 2 amide bonds. The Bertz CT molecular complexity index is 518. The number of nitrogens with two attached hydrogens (primary N) is 1. The Morgan fingerprint density at radius 3 is 2.40 bits per heavy atom. The highest BCUT2D eigenvalue weighted by atomic mass is 19.2. The average Bonchev–Trinajstić information content (AvgIpc) is 2.38. The van der Waals surface area contributed by atoms with E-state index < -0.39 is 29.0 Å². The molecule has 0 aromatic heterocycles. The van der Waals surface area contributed by atoms with Crippen molar-refractivity contribution in [3.8, 4) is 0 Å². The lowest BCUT2D eigenvalue weighted by Crippen LogP contribution is -2.46. The summed E-state index contributed by atoms with van der Waals surface area (Å²) in [7, 11) is 0. The quantitative estimate of drug-likeness (QED) is 0.732. The van der Waals surface area contributed by atoms with Gasteiger partial charge in [0.15, 0.2) is 11.6 Å². The van der Waals surface area contributed by atoms with Gasteiger partial charge in [0.1, 0.15) is 0 Å². The van der Waals surface area contributed by atoms with Gasteiger partial charge in [-0.05, 0) is 31.5 Å². The zero-order valence-corrected chi connectivity index (χ0v) is 11.3. The summed E-state index contributed by atoms with van der Waals surface area (Å²) in [5.74, 6) is -2.85. The molecule has 0 aliphatic rings. The van der Waals surface area contributed by atoms with E-state index in [1.165, 1.54) is 6.07 Å². The number of rotatable bonds is 5. The molecule has 0 fully saturated rings. The Labute approximate surface area is 115 Å². The number of halogens is 2. The van der Waals surface area contributed by atoms with E-state index in [1.807, 2.05) is 0 Å². The minimum atomic E-state index is -0.985. The minimum Gasteiger partial charge on any atom is -0.346 e. The van der Waals surface area contributed by atoms with Crippen molar-refractivity contribution in [3.05, 3.63) is 35.4 Å². The third-order valence-electron chi connectivity index (χ3n) is 2.72. The summed E-state index contributed by atoms with van der Waals surface area (Å²) in [6.45, 7) is 2.84. The van der Waals surface area contributed by atoms with E-state index in [4.69, 9.17) is 5.73 Å². The molecule has 0 unspecified atom stereocenters. The molecule has 7 heteroatoms. The highest BCUT2D eigenvalue weighted by molar-refractivity contribution is 5.85. The van der Waals surface area contributed by atoms with Gasteiger partial charge in [0, 0.05) is 0 Å². The maximum Gasteiger partial charge on any atom is 0.240 e. The molecule has 0 radical (unpaired) electrons. The lowest BCUT2D eigenvalue weighted by atomic mass is 9.94. The fourth-order valence-corrected chi connectivity index (χ4v) is 1.60. The zero-order valence-electron chi connectivity index (χ0n) is 11.3. The molecule has 0 atom stereocenters. The van der Waals surface area contributed by atoms with Gasteiger partial charge in [-0.3, -0.25) is 9.59 Å². The molecule has 110 valence electrons. The van der Waals surface area contributed by atoms with Crippen molar-refractivity contribution in [2.24, 2.45) is 5.73 Å². The molecule has 0 saturated heterocycles. The van der Waals surface area contributed by atoms with Gasteiger partial charge in [0.05, 0.1) is 18.6 Å². The molecule has 20 heavy (non-hydrogen) atoms. The van der Waals surface area contributed by atoms with Crippen LogP contribution < -0.4 is 16.4 Å². The molecule has 1 rings (SSSR count). The third kappa shape index (κ3) is 4.27. The van der Waals surface area contributed by atoms with Gasteiger partial charge < -0.3 is 16.4 Å². The standard InChI is InChI=1S/C13H17F2N3O2/c1-13(2,8-3-4-9(14)10(15)5-8)18-12(20)7-17-11(19)6-16/h3-5H,6-7,16H2,1-2H3,(H,17,19)(H,18,20). The Morgan fingerprint density at radius 2 is 1.85 bits per heavy atom. The van der Waals surface area contributed by atoms with Crippen LogP contribution in [0.1, 0.15) is 19.4 Å². The lowest BCUT2D eigenvalue weighted by Gasteiger charge is -2.27. The maximum absolute atomic E-state index is 13.2. The molecular weight excluding hydrogens is 268 g/mol. The number of amides is 2. The second kappa shape index (κ2) is 6.42. The van der Waals surface area contributed by atoms with E-state index in [0.717, 1.165) is 12.1 Å². The molecule has 1 aromatic rings. The summed E-state index contributed by atoms with van der Waals surface area (Å²) < 4.78 is 26.1. The van der Waals surface area contributed by atoms with Crippen LogP contribution in [0, 0.1) is 11.6 Å². The minimum absolute atomic E-state index is 0.208. The summed E-state index contributed by atoms with van der Waals surface area (Å²) in [4.78, 5) is 22.6. The second-order valence-electron chi connectivity index (χ2n) is 4.78. The number of hydrogen-bond acceptors (Lipinski definition) is 3. The molecule has 0 bridgehead atoms. The zero-order chi connectivity index (χ0) is 15.3. The van der Waals surface area contributed by atoms with Crippen LogP contribution in [0.4, 0.5) is 8.78 Å². The lowest BCUT2D eigenvalue weighted by molar-refractivity contribution is -0.126. The van der Waals surface area contributed by atoms with Crippen LogP contribution in [-0.4, -0.2) is 24.9 Å². The predicted molar refractivity (Wildman–Crippen MR) is 69.6 cm³/mol. The number of hydrogen-bond donors (Lipinski definition) is 3. The summed E-state index contributed by atoms with van der Waals surface area (Å²) >= 11 is 0. The van der Waals surface area contributed by atoms with Crippen LogP contribution in [0.25, 0.3) is 0 Å². The van der Waals surface area contributed by atoms with Crippen LogP contribution in [0.15, 0.2) is 18.2 Å². The maximum atomic E-state index is 13.2. The van der Waals surface area contributed by atoms with Crippen molar-refractivity contribution in [3.63, 3.8) is 0 Å². The van der Waals surface area contributed by atoms with Crippen molar-refractivity contribution >= 4 is 11.8 Å². The summed E-state index contributed by atoms with van der Waals surface area (Å²) in [5, 5.41) is 4.93. The molecule has 0 heterocycles. The first-order chi connectivity index (χ1) is 9.26. The van der Waals surface area contributed by atoms with E-state index in [-0.39, 0.29) is 13.1 Å². The van der Waals surface area contributed by atoms with Gasteiger partial charge in [0.25, 0.3) is 0 Å². The Kier molecular flexibility index (Phi) is 5.15. The van der Waals surface area contributed by atoms with E-state index in [0.29, 0.717) is 5.56 Å². The number of carbonyl (C=O) groups is 2. The van der Waals surface area contributed by atoms with Gasteiger partial charge in [-0.25, -0.2) is 8.78 Å². The molecule has 5 nitrogen and oxygen atoms in total. The first-order valence-corrected chi connectivity index (χ1v) is 5.99. The van der Waals surface area contributed by atoms with Gasteiger partial charge in [-0.15, -0.1) is 0 Å². The summed E-state index contributed by atoms with van der Waals surface area (Å²) in [6.07, 6.45) is 0. The fourth-order valence-electron chi connectivity index (χ4n) is 1.60. The number of benzene rings is 1. The number of carbonyl (C=O) groups excluding carboxylic acids is 2. The Balaban J connectivity index is 2.71. The van der Waals surface area contributed by atoms with Gasteiger partial charge in [0.2, 0.25) is 11.8 Å². The van der Waals surface area contributed by atoms with Crippen molar-refractivity contribution in [2.75, 3.05) is 13.1 Å². The van der Waals surface area contributed by atoms with Gasteiger partial charge in [-0.1, -0.05) is 6.07 Å². The van der Waals surface area contributed by atoms with Crippen molar-refractivity contribution < 1.29 is 18.4 Å². The molecule has 1 aromatic carbocycles. The first kappa shape index (κ1) is 16.0. The topological polar surface area (TPSA) is 84.2 Å². The van der Waals surface area contributed by atoms with E-state index in [9.17, 15) is 18.4 Å². The molecule has 4 N–H and O–H groups in total. The fraction of sp³-hybridized carbons (Fsp3) is 0.385. The van der Waals surface area contributed by atoms with Crippen molar-refractivity contribution in [2.45, 2.75) is 19.4 Å². The number of nitrogens with one attached hydrogen (secondary N) is 2. The third-order valence-corrected chi connectivity index (χ3v) is 2.72. The van der Waals surface area contributed by atoms with E-state index in [2.05, 4.69) is 10.6 Å². The van der Waals surface area contributed by atoms with E-state index >= 15 is 0 Å².